The van der Waals surface area contributed by atoms with Crippen LogP contribution in [-0.2, 0) is 20.7 Å². The normalized spacial score (nSPS) is 18.5. The molecule has 0 aliphatic carbocycles. The number of para-hydroxylation sites is 1. The van der Waals surface area contributed by atoms with Crippen molar-refractivity contribution in [1.82, 2.24) is 0 Å². The molecule has 1 aliphatic heterocycles. The smallest absolute Gasteiger partial charge is 0.339 e. The van der Waals surface area contributed by atoms with Crippen molar-refractivity contribution in [2.75, 3.05) is 12.4 Å². The molecule has 6 heteroatoms. The molecule has 0 fully saturated rings. The van der Waals surface area contributed by atoms with E-state index in [0.717, 1.165) is 11.1 Å². The quantitative estimate of drug-likeness (QED) is 0.858. The Bertz CT molecular complexity index is 905. The summed E-state index contributed by atoms with van der Waals surface area (Å²) in [6.45, 7) is 3.48. The minimum atomic E-state index is -1.37. The highest BCUT2D eigenvalue weighted by Gasteiger charge is 2.43. The van der Waals surface area contributed by atoms with Gasteiger partial charge >= 0.3 is 11.9 Å². The van der Waals surface area contributed by atoms with Gasteiger partial charge in [-0.05, 0) is 37.6 Å². The zero-order valence-corrected chi connectivity index (χ0v) is 14.8. The maximum Gasteiger partial charge on any atom is 0.339 e. The van der Waals surface area contributed by atoms with Crippen LogP contribution in [0.25, 0.3) is 0 Å². The number of hydrogen-bond acceptors (Lipinski definition) is 5. The van der Waals surface area contributed by atoms with E-state index in [-0.39, 0.29) is 12.0 Å². The van der Waals surface area contributed by atoms with Crippen LogP contribution in [0.15, 0.2) is 42.5 Å². The summed E-state index contributed by atoms with van der Waals surface area (Å²) in [5.74, 6) is -1.60. The van der Waals surface area contributed by atoms with E-state index in [9.17, 15) is 14.4 Å². The molecule has 3 rings (SSSR count). The van der Waals surface area contributed by atoms with Crippen molar-refractivity contribution in [3.05, 3.63) is 64.7 Å². The van der Waals surface area contributed by atoms with Crippen LogP contribution in [0.4, 0.5) is 5.69 Å². The summed E-state index contributed by atoms with van der Waals surface area (Å²) in [5.41, 5.74) is 1.39. The van der Waals surface area contributed by atoms with Crippen molar-refractivity contribution >= 4 is 23.5 Å². The van der Waals surface area contributed by atoms with Crippen molar-refractivity contribution in [3.8, 4) is 0 Å². The third-order valence-corrected chi connectivity index (χ3v) is 4.39. The molecule has 0 aromatic heterocycles. The number of aryl methyl sites for hydroxylation is 1. The van der Waals surface area contributed by atoms with Crippen LogP contribution in [0, 0.1) is 6.92 Å². The first-order valence-corrected chi connectivity index (χ1v) is 8.16. The topological polar surface area (TPSA) is 81.7 Å². The lowest BCUT2D eigenvalue weighted by atomic mass is 9.88. The Balaban J connectivity index is 1.89. The number of carbonyl (C=O) groups excluding carboxylic acids is 3. The SMILES string of the molecule is COC(=O)c1ccccc1NC(=O)[C@]1(C)Cc2cc(C)ccc2C(=O)O1. The number of esters is 2. The van der Waals surface area contributed by atoms with Crippen LogP contribution in [-0.4, -0.2) is 30.6 Å². The molecule has 134 valence electrons. The van der Waals surface area contributed by atoms with E-state index in [0.29, 0.717) is 11.3 Å². The Morgan fingerprint density at radius 3 is 2.65 bits per heavy atom. The van der Waals surface area contributed by atoms with Crippen molar-refractivity contribution < 1.29 is 23.9 Å². The molecule has 0 saturated carbocycles. The summed E-state index contributed by atoms with van der Waals surface area (Å²) >= 11 is 0. The average Bonchev–Trinajstić information content (AvgIpc) is 2.61. The van der Waals surface area contributed by atoms with Gasteiger partial charge in [0.2, 0.25) is 0 Å². The van der Waals surface area contributed by atoms with Gasteiger partial charge in [0.15, 0.2) is 5.60 Å². The third kappa shape index (κ3) is 3.18. The molecule has 2 aromatic carbocycles. The molecule has 1 aliphatic rings. The van der Waals surface area contributed by atoms with E-state index >= 15 is 0 Å². The van der Waals surface area contributed by atoms with Crippen LogP contribution in [0.1, 0.15) is 38.8 Å². The van der Waals surface area contributed by atoms with Gasteiger partial charge in [-0.3, -0.25) is 4.79 Å². The number of fused-ring (bicyclic) bond motifs is 1. The van der Waals surface area contributed by atoms with Crippen molar-refractivity contribution in [1.29, 1.82) is 0 Å². The third-order valence-electron chi connectivity index (χ3n) is 4.39. The molecule has 0 saturated heterocycles. The van der Waals surface area contributed by atoms with Crippen LogP contribution in [0.2, 0.25) is 0 Å². The molecule has 0 unspecified atom stereocenters. The fraction of sp³-hybridized carbons (Fsp3) is 0.250. The summed E-state index contributed by atoms with van der Waals surface area (Å²) in [4.78, 5) is 37.0. The summed E-state index contributed by atoms with van der Waals surface area (Å²) in [5, 5.41) is 2.68. The predicted octanol–water partition coefficient (Wildman–Crippen LogP) is 2.89. The number of benzene rings is 2. The summed E-state index contributed by atoms with van der Waals surface area (Å²) in [7, 11) is 1.27. The summed E-state index contributed by atoms with van der Waals surface area (Å²) < 4.78 is 10.2. The van der Waals surface area contributed by atoms with E-state index in [4.69, 9.17) is 9.47 Å². The number of carbonyl (C=O) groups is 3. The lowest BCUT2D eigenvalue weighted by Crippen LogP contribution is -2.49. The molecule has 26 heavy (non-hydrogen) atoms. The van der Waals surface area contributed by atoms with Crippen LogP contribution in [0.5, 0.6) is 0 Å². The lowest BCUT2D eigenvalue weighted by molar-refractivity contribution is -0.134. The van der Waals surface area contributed by atoms with Gasteiger partial charge in [-0.2, -0.15) is 0 Å². The molecule has 1 N–H and O–H groups in total. The number of methoxy groups -OCH3 is 1. The largest absolute Gasteiger partial charge is 0.465 e. The number of rotatable bonds is 3. The Kier molecular flexibility index (Phi) is 4.50. The zero-order valence-electron chi connectivity index (χ0n) is 14.8. The van der Waals surface area contributed by atoms with Gasteiger partial charge < -0.3 is 14.8 Å². The highest BCUT2D eigenvalue weighted by Crippen LogP contribution is 2.30. The van der Waals surface area contributed by atoms with Crippen molar-refractivity contribution in [2.24, 2.45) is 0 Å². The highest BCUT2D eigenvalue weighted by molar-refractivity contribution is 6.06. The molecule has 0 spiro atoms. The number of ether oxygens (including phenoxy) is 2. The van der Waals surface area contributed by atoms with E-state index in [1.54, 1.807) is 37.3 Å². The second kappa shape index (κ2) is 6.63. The molecular weight excluding hydrogens is 334 g/mol. The summed E-state index contributed by atoms with van der Waals surface area (Å²) in [6, 6.07) is 11.9. The number of amides is 1. The Labute approximate surface area is 151 Å². The minimum absolute atomic E-state index is 0.227. The maximum absolute atomic E-state index is 12.9. The van der Waals surface area contributed by atoms with Gasteiger partial charge in [0, 0.05) is 6.42 Å². The lowest BCUT2D eigenvalue weighted by Gasteiger charge is -2.33. The first-order valence-electron chi connectivity index (χ1n) is 8.16. The van der Waals surface area contributed by atoms with Crippen molar-refractivity contribution in [3.63, 3.8) is 0 Å². The minimum Gasteiger partial charge on any atom is -0.465 e. The monoisotopic (exact) mass is 353 g/mol. The molecule has 2 aromatic rings. The first-order chi connectivity index (χ1) is 12.3. The number of anilines is 1. The second-order valence-corrected chi connectivity index (χ2v) is 6.45. The number of nitrogens with one attached hydrogen (secondary N) is 1. The van der Waals surface area contributed by atoms with Crippen LogP contribution in [0.3, 0.4) is 0 Å². The van der Waals surface area contributed by atoms with E-state index in [1.165, 1.54) is 7.11 Å². The van der Waals surface area contributed by atoms with E-state index in [1.807, 2.05) is 19.1 Å². The van der Waals surface area contributed by atoms with Crippen molar-refractivity contribution in [2.45, 2.75) is 25.9 Å². The van der Waals surface area contributed by atoms with E-state index < -0.39 is 23.4 Å². The Morgan fingerprint density at radius 1 is 1.19 bits per heavy atom. The zero-order chi connectivity index (χ0) is 18.9. The Hall–Kier alpha value is -3.15. The molecule has 6 nitrogen and oxygen atoms in total. The van der Waals surface area contributed by atoms with Gasteiger partial charge in [0.05, 0.1) is 23.9 Å². The standard InChI is InChI=1S/C20H19NO5/c1-12-8-9-14-13(10-12)11-20(2,26-18(14)23)19(24)21-16-7-5-4-6-15(16)17(22)25-3/h4-10H,11H2,1-3H3,(H,21,24)/t20-/m0/s1. The molecule has 1 amide bonds. The molecule has 1 heterocycles. The second-order valence-electron chi connectivity index (χ2n) is 6.45. The maximum atomic E-state index is 12.9. The van der Waals surface area contributed by atoms with Crippen LogP contribution < -0.4 is 5.32 Å². The molecular formula is C20H19NO5. The van der Waals surface area contributed by atoms with Gasteiger partial charge in [0.25, 0.3) is 5.91 Å². The number of cyclic esters (lactones) is 1. The van der Waals surface area contributed by atoms with E-state index in [2.05, 4.69) is 5.32 Å². The predicted molar refractivity (Wildman–Crippen MR) is 95.1 cm³/mol. The molecule has 0 bridgehead atoms. The van der Waals surface area contributed by atoms with Gasteiger partial charge in [-0.25, -0.2) is 9.59 Å². The van der Waals surface area contributed by atoms with Gasteiger partial charge in [0.1, 0.15) is 0 Å². The van der Waals surface area contributed by atoms with Crippen LogP contribution >= 0.6 is 0 Å². The van der Waals surface area contributed by atoms with Gasteiger partial charge in [-0.1, -0.05) is 29.8 Å². The molecule has 0 radical (unpaired) electrons. The molecule has 1 atom stereocenters. The highest BCUT2D eigenvalue weighted by atomic mass is 16.6. The average molecular weight is 353 g/mol. The fourth-order valence-corrected chi connectivity index (χ4v) is 2.99. The summed E-state index contributed by atoms with van der Waals surface area (Å²) in [6.07, 6.45) is 0.252. The number of hydrogen-bond donors (Lipinski definition) is 1. The first kappa shape index (κ1) is 17.7. The Morgan fingerprint density at radius 2 is 1.92 bits per heavy atom. The van der Waals surface area contributed by atoms with Gasteiger partial charge in [-0.15, -0.1) is 0 Å². The fourth-order valence-electron chi connectivity index (χ4n) is 2.99.